The molecule has 0 spiro atoms. The Morgan fingerprint density at radius 1 is 1.35 bits per heavy atom. The second kappa shape index (κ2) is 7.82. The lowest BCUT2D eigenvalue weighted by Crippen LogP contribution is -2.17. The molecular formula is C18H22N4O3S. The second-order valence-corrected chi connectivity index (χ2v) is 7.07. The van der Waals surface area contributed by atoms with Crippen LogP contribution in [0.3, 0.4) is 0 Å². The zero-order valence-corrected chi connectivity index (χ0v) is 15.9. The van der Waals surface area contributed by atoms with Crippen molar-refractivity contribution in [3.8, 4) is 0 Å². The molecule has 26 heavy (non-hydrogen) atoms. The third-order valence-electron chi connectivity index (χ3n) is 4.27. The number of aromatic amines is 1. The predicted octanol–water partition coefficient (Wildman–Crippen LogP) is 3.02. The van der Waals surface area contributed by atoms with Gasteiger partial charge in [-0.2, -0.15) is 0 Å². The van der Waals surface area contributed by atoms with E-state index in [-0.39, 0.29) is 17.2 Å². The van der Waals surface area contributed by atoms with Gasteiger partial charge in [0.15, 0.2) is 10.9 Å². The molecule has 3 aromatic heterocycles. The summed E-state index contributed by atoms with van der Waals surface area (Å²) in [5.41, 5.74) is 2.38. The molecule has 0 aromatic carbocycles. The predicted molar refractivity (Wildman–Crippen MR) is 99.9 cm³/mol. The summed E-state index contributed by atoms with van der Waals surface area (Å²) in [5, 5.41) is 7.01. The van der Waals surface area contributed by atoms with Gasteiger partial charge in [-0.1, -0.05) is 18.7 Å². The van der Waals surface area contributed by atoms with Crippen LogP contribution >= 0.6 is 11.8 Å². The van der Waals surface area contributed by atoms with Crippen molar-refractivity contribution in [3.05, 3.63) is 57.7 Å². The lowest BCUT2D eigenvalue weighted by atomic mass is 10.2. The van der Waals surface area contributed by atoms with E-state index < -0.39 is 0 Å². The maximum atomic E-state index is 12.7. The molecule has 3 heterocycles. The van der Waals surface area contributed by atoms with Crippen LogP contribution in [0.15, 0.2) is 38.8 Å². The summed E-state index contributed by atoms with van der Waals surface area (Å²) in [4.78, 5) is 24.4. The number of hydrogen-bond acceptors (Lipinski definition) is 5. The Balaban J connectivity index is 1.73. The molecule has 0 bridgehead atoms. The van der Waals surface area contributed by atoms with Crippen molar-refractivity contribution in [3.63, 3.8) is 0 Å². The SMILES string of the molecule is CCCn1c(SCC(=O)c2cc(C)n(Cc3ccco3)c2C)n[nH]c1=O. The van der Waals surface area contributed by atoms with E-state index in [9.17, 15) is 9.59 Å². The van der Waals surface area contributed by atoms with E-state index in [1.165, 1.54) is 11.8 Å². The average molecular weight is 374 g/mol. The number of aryl methyl sites for hydroxylation is 1. The number of nitrogens with zero attached hydrogens (tertiary/aromatic N) is 3. The molecule has 0 unspecified atom stereocenters. The number of carbonyl (C=O) groups is 1. The Hall–Kier alpha value is -2.48. The molecule has 3 aromatic rings. The van der Waals surface area contributed by atoms with E-state index in [4.69, 9.17) is 4.42 Å². The Bertz CT molecular complexity index is 950. The molecule has 0 saturated carbocycles. The molecule has 0 aliphatic heterocycles. The first-order valence-corrected chi connectivity index (χ1v) is 9.50. The highest BCUT2D eigenvalue weighted by atomic mass is 32.2. The third-order valence-corrected chi connectivity index (χ3v) is 5.25. The normalized spacial score (nSPS) is 11.2. The number of ketones is 1. The van der Waals surface area contributed by atoms with Gasteiger partial charge in [0.25, 0.3) is 0 Å². The maximum absolute atomic E-state index is 12.7. The fourth-order valence-corrected chi connectivity index (χ4v) is 3.78. The van der Waals surface area contributed by atoms with Crippen LogP contribution in [-0.2, 0) is 13.1 Å². The highest BCUT2D eigenvalue weighted by Gasteiger charge is 2.18. The van der Waals surface area contributed by atoms with Gasteiger partial charge in [0.1, 0.15) is 5.76 Å². The fourth-order valence-electron chi connectivity index (χ4n) is 2.93. The van der Waals surface area contributed by atoms with Crippen molar-refractivity contribution in [2.24, 2.45) is 0 Å². The number of hydrogen-bond donors (Lipinski definition) is 1. The monoisotopic (exact) mass is 374 g/mol. The summed E-state index contributed by atoms with van der Waals surface area (Å²) in [5.74, 6) is 1.10. The molecule has 0 atom stereocenters. The molecule has 1 N–H and O–H groups in total. The minimum absolute atomic E-state index is 0.0206. The van der Waals surface area contributed by atoms with Crippen LogP contribution in [0.2, 0.25) is 0 Å². The van der Waals surface area contributed by atoms with Gasteiger partial charge in [-0.05, 0) is 38.5 Å². The summed E-state index contributed by atoms with van der Waals surface area (Å²) in [6, 6.07) is 5.68. The van der Waals surface area contributed by atoms with Crippen LogP contribution in [0.1, 0.15) is 40.9 Å². The molecule has 0 radical (unpaired) electrons. The van der Waals surface area contributed by atoms with E-state index >= 15 is 0 Å². The zero-order valence-electron chi connectivity index (χ0n) is 15.1. The molecule has 0 aliphatic carbocycles. The van der Waals surface area contributed by atoms with Gasteiger partial charge < -0.3 is 8.98 Å². The van der Waals surface area contributed by atoms with E-state index in [1.807, 2.05) is 39.0 Å². The summed E-state index contributed by atoms with van der Waals surface area (Å²) >= 11 is 1.28. The van der Waals surface area contributed by atoms with Gasteiger partial charge >= 0.3 is 5.69 Å². The molecule has 0 saturated heterocycles. The standard InChI is InChI=1S/C18H22N4O3S/c1-4-7-21-17(24)19-20-18(21)26-11-16(23)15-9-12(2)22(13(15)3)10-14-6-5-8-25-14/h5-6,8-9H,4,7,10-11H2,1-3H3,(H,19,24). The topological polar surface area (TPSA) is 85.8 Å². The van der Waals surface area contributed by atoms with Crippen LogP contribution < -0.4 is 5.69 Å². The van der Waals surface area contributed by atoms with Crippen molar-refractivity contribution < 1.29 is 9.21 Å². The van der Waals surface area contributed by atoms with Crippen molar-refractivity contribution >= 4 is 17.5 Å². The van der Waals surface area contributed by atoms with Crippen molar-refractivity contribution in [2.45, 2.75) is 45.4 Å². The molecular weight excluding hydrogens is 352 g/mol. The average Bonchev–Trinajstić information content (AvgIpc) is 3.32. The highest BCUT2D eigenvalue weighted by Crippen LogP contribution is 2.21. The van der Waals surface area contributed by atoms with Crippen molar-refractivity contribution in [1.82, 2.24) is 19.3 Å². The number of Topliss-reactive ketones (excluding diaryl/α,β-unsaturated/α-hetero) is 1. The van der Waals surface area contributed by atoms with Gasteiger partial charge in [0.2, 0.25) is 0 Å². The van der Waals surface area contributed by atoms with E-state index in [0.717, 1.165) is 23.6 Å². The second-order valence-electron chi connectivity index (χ2n) is 6.13. The van der Waals surface area contributed by atoms with Crippen LogP contribution in [-0.4, -0.2) is 30.9 Å². The number of furan rings is 1. The summed E-state index contributed by atoms with van der Waals surface area (Å²) in [6.07, 6.45) is 2.47. The Labute approximate surface area is 155 Å². The number of nitrogens with one attached hydrogen (secondary N) is 1. The Kier molecular flexibility index (Phi) is 5.51. The molecule has 0 amide bonds. The van der Waals surface area contributed by atoms with Crippen LogP contribution in [0.4, 0.5) is 0 Å². The fraction of sp³-hybridized carbons (Fsp3) is 0.389. The lowest BCUT2D eigenvalue weighted by Gasteiger charge is -2.08. The van der Waals surface area contributed by atoms with Crippen LogP contribution in [0, 0.1) is 13.8 Å². The molecule has 138 valence electrons. The molecule has 0 aliphatic rings. The summed E-state index contributed by atoms with van der Waals surface area (Å²) in [6.45, 7) is 7.10. The van der Waals surface area contributed by atoms with Gasteiger partial charge in [0, 0.05) is 23.5 Å². The van der Waals surface area contributed by atoms with Crippen molar-refractivity contribution in [1.29, 1.82) is 0 Å². The van der Waals surface area contributed by atoms with Gasteiger partial charge in [0.05, 0.1) is 18.6 Å². The molecule has 7 nitrogen and oxygen atoms in total. The van der Waals surface area contributed by atoms with Crippen LogP contribution in [0.25, 0.3) is 0 Å². The third kappa shape index (κ3) is 3.70. The first-order valence-electron chi connectivity index (χ1n) is 8.51. The molecule has 8 heteroatoms. The summed E-state index contributed by atoms with van der Waals surface area (Å²) in [7, 11) is 0. The van der Waals surface area contributed by atoms with Gasteiger partial charge in [-0.15, -0.1) is 5.10 Å². The zero-order chi connectivity index (χ0) is 18.7. The Morgan fingerprint density at radius 3 is 2.85 bits per heavy atom. The first-order chi connectivity index (χ1) is 12.5. The van der Waals surface area contributed by atoms with E-state index in [0.29, 0.717) is 23.8 Å². The minimum Gasteiger partial charge on any atom is -0.467 e. The van der Waals surface area contributed by atoms with Crippen molar-refractivity contribution in [2.75, 3.05) is 5.75 Å². The number of thioether (sulfide) groups is 1. The quantitative estimate of drug-likeness (QED) is 0.484. The van der Waals surface area contributed by atoms with Gasteiger partial charge in [-0.3, -0.25) is 9.36 Å². The highest BCUT2D eigenvalue weighted by molar-refractivity contribution is 7.99. The number of rotatable bonds is 8. The van der Waals surface area contributed by atoms with E-state index in [1.54, 1.807) is 10.8 Å². The number of carbonyl (C=O) groups excluding carboxylic acids is 1. The number of aromatic nitrogens is 4. The smallest absolute Gasteiger partial charge is 0.343 e. The van der Waals surface area contributed by atoms with Gasteiger partial charge in [-0.25, -0.2) is 9.89 Å². The summed E-state index contributed by atoms with van der Waals surface area (Å²) < 4.78 is 9.04. The largest absolute Gasteiger partial charge is 0.467 e. The lowest BCUT2D eigenvalue weighted by molar-refractivity contribution is 0.102. The molecule has 0 fully saturated rings. The molecule has 3 rings (SSSR count). The Morgan fingerprint density at radius 2 is 2.15 bits per heavy atom. The number of H-pyrrole nitrogens is 1. The first kappa shape index (κ1) is 18.3. The maximum Gasteiger partial charge on any atom is 0.343 e. The van der Waals surface area contributed by atoms with E-state index in [2.05, 4.69) is 14.8 Å². The van der Waals surface area contributed by atoms with Crippen LogP contribution in [0.5, 0.6) is 0 Å². The minimum atomic E-state index is -0.238.